The van der Waals surface area contributed by atoms with Gasteiger partial charge in [-0.05, 0) is 20.8 Å². The third-order valence-corrected chi connectivity index (χ3v) is 1.94. The number of carbonyl (C=O) groups excluding carboxylic acids is 1. The predicted molar refractivity (Wildman–Crippen MR) is 63.1 cm³/mol. The van der Waals surface area contributed by atoms with Crippen molar-refractivity contribution in [2.45, 2.75) is 38.8 Å². The number of carboxylic acids is 1. The van der Waals surface area contributed by atoms with E-state index in [9.17, 15) is 9.59 Å². The van der Waals surface area contributed by atoms with Crippen LogP contribution in [0.5, 0.6) is 0 Å². The molecule has 0 radical (unpaired) electrons. The van der Waals surface area contributed by atoms with Crippen LogP contribution < -0.4 is 5.32 Å². The SMILES string of the molecule is CC(C)(C)OC(=O)N[C@@H](Cc1ncc[nH]1)C(=O)O. The van der Waals surface area contributed by atoms with Crippen LogP contribution in [0.15, 0.2) is 12.4 Å². The monoisotopic (exact) mass is 255 g/mol. The molecule has 0 fully saturated rings. The Bertz CT molecular complexity index is 408. The number of rotatable bonds is 4. The molecule has 0 unspecified atom stereocenters. The van der Waals surface area contributed by atoms with Gasteiger partial charge >= 0.3 is 12.1 Å². The average molecular weight is 255 g/mol. The minimum atomic E-state index is -1.14. The highest BCUT2D eigenvalue weighted by Gasteiger charge is 2.24. The molecule has 0 saturated carbocycles. The lowest BCUT2D eigenvalue weighted by molar-refractivity contribution is -0.139. The number of hydrogen-bond acceptors (Lipinski definition) is 4. The summed E-state index contributed by atoms with van der Waals surface area (Å²) in [5, 5.41) is 11.3. The lowest BCUT2D eigenvalue weighted by Crippen LogP contribution is -2.44. The lowest BCUT2D eigenvalue weighted by Gasteiger charge is -2.21. The van der Waals surface area contributed by atoms with Gasteiger partial charge in [-0.25, -0.2) is 14.6 Å². The van der Waals surface area contributed by atoms with Crippen molar-refractivity contribution in [3.63, 3.8) is 0 Å². The predicted octanol–water partition coefficient (Wildman–Crippen LogP) is 0.930. The van der Waals surface area contributed by atoms with Gasteiger partial charge in [0, 0.05) is 18.8 Å². The fourth-order valence-electron chi connectivity index (χ4n) is 1.25. The molecule has 7 nitrogen and oxygen atoms in total. The summed E-state index contributed by atoms with van der Waals surface area (Å²) in [6, 6.07) is -1.08. The molecule has 0 spiro atoms. The third kappa shape index (κ3) is 4.86. The third-order valence-electron chi connectivity index (χ3n) is 1.94. The van der Waals surface area contributed by atoms with Gasteiger partial charge in [0.1, 0.15) is 17.5 Å². The Morgan fingerprint density at radius 1 is 1.56 bits per heavy atom. The molecule has 100 valence electrons. The van der Waals surface area contributed by atoms with Crippen molar-refractivity contribution in [3.05, 3.63) is 18.2 Å². The van der Waals surface area contributed by atoms with Crippen LogP contribution in [0.4, 0.5) is 4.79 Å². The van der Waals surface area contributed by atoms with Crippen molar-refractivity contribution in [2.24, 2.45) is 0 Å². The first kappa shape index (κ1) is 14.0. The molecule has 1 amide bonds. The molecule has 18 heavy (non-hydrogen) atoms. The van der Waals surface area contributed by atoms with Gasteiger partial charge in [0.05, 0.1) is 0 Å². The zero-order valence-electron chi connectivity index (χ0n) is 10.6. The second kappa shape index (κ2) is 5.52. The molecule has 0 aromatic carbocycles. The number of ether oxygens (including phenoxy) is 1. The van der Waals surface area contributed by atoms with E-state index in [1.807, 2.05) is 0 Å². The number of carboxylic acid groups (broad SMARTS) is 1. The van der Waals surface area contributed by atoms with Gasteiger partial charge in [-0.2, -0.15) is 0 Å². The molecule has 1 heterocycles. The largest absolute Gasteiger partial charge is 0.480 e. The number of nitrogens with zero attached hydrogens (tertiary/aromatic N) is 1. The second-order valence-electron chi connectivity index (χ2n) is 4.78. The minimum Gasteiger partial charge on any atom is -0.480 e. The number of aromatic nitrogens is 2. The Morgan fingerprint density at radius 3 is 2.67 bits per heavy atom. The first-order valence-corrected chi connectivity index (χ1v) is 5.48. The summed E-state index contributed by atoms with van der Waals surface area (Å²) in [5.41, 5.74) is -0.669. The Hall–Kier alpha value is -2.05. The van der Waals surface area contributed by atoms with Crippen LogP contribution in [0.3, 0.4) is 0 Å². The fraction of sp³-hybridized carbons (Fsp3) is 0.545. The summed E-state index contributed by atoms with van der Waals surface area (Å²) in [5.74, 6) is -0.657. The molecular weight excluding hydrogens is 238 g/mol. The van der Waals surface area contributed by atoms with Gasteiger partial charge in [-0.1, -0.05) is 0 Å². The zero-order valence-corrected chi connectivity index (χ0v) is 10.6. The van der Waals surface area contributed by atoms with Crippen molar-refractivity contribution in [3.8, 4) is 0 Å². The maximum Gasteiger partial charge on any atom is 0.408 e. The van der Waals surface area contributed by atoms with E-state index < -0.39 is 23.7 Å². The lowest BCUT2D eigenvalue weighted by atomic mass is 10.2. The van der Waals surface area contributed by atoms with E-state index in [4.69, 9.17) is 9.84 Å². The van der Waals surface area contributed by atoms with Crippen molar-refractivity contribution < 1.29 is 19.4 Å². The molecule has 0 saturated heterocycles. The number of aromatic amines is 1. The van der Waals surface area contributed by atoms with E-state index in [0.29, 0.717) is 5.82 Å². The number of imidazole rings is 1. The van der Waals surface area contributed by atoms with Crippen LogP contribution in [-0.2, 0) is 16.0 Å². The number of nitrogens with one attached hydrogen (secondary N) is 2. The molecule has 1 rings (SSSR count). The van der Waals surface area contributed by atoms with Crippen LogP contribution in [-0.4, -0.2) is 38.8 Å². The smallest absolute Gasteiger partial charge is 0.408 e. The Balaban J connectivity index is 2.58. The van der Waals surface area contributed by atoms with E-state index in [-0.39, 0.29) is 6.42 Å². The number of hydrogen-bond donors (Lipinski definition) is 3. The summed E-state index contributed by atoms with van der Waals surface area (Å²) < 4.78 is 4.99. The summed E-state index contributed by atoms with van der Waals surface area (Å²) in [4.78, 5) is 29.2. The maximum atomic E-state index is 11.5. The summed E-state index contributed by atoms with van der Waals surface area (Å²) >= 11 is 0. The van der Waals surface area contributed by atoms with Crippen molar-refractivity contribution >= 4 is 12.1 Å². The number of aliphatic carboxylic acids is 1. The second-order valence-corrected chi connectivity index (χ2v) is 4.78. The van der Waals surface area contributed by atoms with Crippen molar-refractivity contribution in [2.75, 3.05) is 0 Å². The molecule has 7 heteroatoms. The summed E-state index contributed by atoms with van der Waals surface area (Å²) in [6.45, 7) is 5.11. The average Bonchev–Trinajstić information content (AvgIpc) is 2.66. The van der Waals surface area contributed by atoms with Gasteiger partial charge < -0.3 is 20.1 Å². The number of carbonyl (C=O) groups is 2. The van der Waals surface area contributed by atoms with Gasteiger partial charge in [-0.15, -0.1) is 0 Å². The first-order chi connectivity index (χ1) is 8.28. The Kier molecular flexibility index (Phi) is 4.30. The molecular formula is C11H17N3O4. The highest BCUT2D eigenvalue weighted by molar-refractivity contribution is 5.80. The highest BCUT2D eigenvalue weighted by Crippen LogP contribution is 2.07. The number of alkyl carbamates (subject to hydrolysis) is 1. The van der Waals surface area contributed by atoms with Gasteiger partial charge in [0.2, 0.25) is 0 Å². The van der Waals surface area contributed by atoms with Gasteiger partial charge in [0.15, 0.2) is 0 Å². The molecule has 1 aromatic rings. The summed E-state index contributed by atoms with van der Waals surface area (Å²) in [7, 11) is 0. The maximum absolute atomic E-state index is 11.5. The molecule has 0 bridgehead atoms. The Morgan fingerprint density at radius 2 is 2.22 bits per heavy atom. The topological polar surface area (TPSA) is 104 Å². The van der Waals surface area contributed by atoms with E-state index in [0.717, 1.165) is 0 Å². The normalized spacial score (nSPS) is 12.8. The van der Waals surface area contributed by atoms with Crippen molar-refractivity contribution in [1.29, 1.82) is 0 Å². The molecule has 1 aromatic heterocycles. The molecule has 0 aliphatic rings. The van der Waals surface area contributed by atoms with Crippen LogP contribution in [0.1, 0.15) is 26.6 Å². The van der Waals surface area contributed by atoms with Crippen LogP contribution in [0.25, 0.3) is 0 Å². The van der Waals surface area contributed by atoms with Gasteiger partial charge in [0.25, 0.3) is 0 Å². The number of amides is 1. The van der Waals surface area contributed by atoms with E-state index in [2.05, 4.69) is 15.3 Å². The standard InChI is InChI=1S/C11H17N3O4/c1-11(2,3)18-10(17)14-7(9(15)16)6-8-12-4-5-13-8/h4-5,7H,6H2,1-3H3,(H,12,13)(H,14,17)(H,15,16)/t7-/m0/s1. The van der Waals surface area contributed by atoms with Gasteiger partial charge in [-0.3, -0.25) is 0 Å². The Labute approximate surface area is 105 Å². The van der Waals surface area contributed by atoms with Crippen LogP contribution >= 0.6 is 0 Å². The quantitative estimate of drug-likeness (QED) is 0.742. The minimum absolute atomic E-state index is 0.0710. The van der Waals surface area contributed by atoms with Crippen LogP contribution in [0.2, 0.25) is 0 Å². The van der Waals surface area contributed by atoms with E-state index in [1.54, 1.807) is 27.0 Å². The first-order valence-electron chi connectivity index (χ1n) is 5.48. The van der Waals surface area contributed by atoms with Crippen molar-refractivity contribution in [1.82, 2.24) is 15.3 Å². The molecule has 0 aliphatic carbocycles. The summed E-state index contributed by atoms with van der Waals surface area (Å²) in [6.07, 6.45) is 2.41. The van der Waals surface area contributed by atoms with E-state index >= 15 is 0 Å². The van der Waals surface area contributed by atoms with Crippen LogP contribution in [0, 0.1) is 0 Å². The van der Waals surface area contributed by atoms with E-state index in [1.165, 1.54) is 6.20 Å². The highest BCUT2D eigenvalue weighted by atomic mass is 16.6. The molecule has 0 aliphatic heterocycles. The zero-order chi connectivity index (χ0) is 13.8. The number of H-pyrrole nitrogens is 1. The fourth-order valence-corrected chi connectivity index (χ4v) is 1.25. The molecule has 3 N–H and O–H groups in total. The molecule has 1 atom stereocenters.